The van der Waals surface area contributed by atoms with E-state index in [4.69, 9.17) is 17.3 Å². The van der Waals surface area contributed by atoms with Crippen LogP contribution in [0, 0.1) is 5.92 Å². The molecule has 0 saturated heterocycles. The minimum atomic E-state index is 0.0491. The molecule has 0 saturated carbocycles. The molecule has 2 N–H and O–H groups in total. The number of hydrogen-bond donors (Lipinski definition) is 1. The van der Waals surface area contributed by atoms with E-state index in [1.165, 1.54) is 0 Å². The fourth-order valence-electron chi connectivity index (χ4n) is 1.33. The van der Waals surface area contributed by atoms with E-state index in [1.54, 1.807) is 0 Å². The SMILES string of the molecule is CCC(C)[C@@H](N)c1cc(Cl)ccc1Br. The van der Waals surface area contributed by atoms with Crippen LogP contribution < -0.4 is 5.73 Å². The Kier molecular flexibility index (Phi) is 4.42. The van der Waals surface area contributed by atoms with Gasteiger partial charge in [-0.1, -0.05) is 47.8 Å². The monoisotopic (exact) mass is 275 g/mol. The van der Waals surface area contributed by atoms with Gasteiger partial charge in [0.25, 0.3) is 0 Å². The average molecular weight is 277 g/mol. The molecule has 1 aromatic rings. The van der Waals surface area contributed by atoms with Crippen LogP contribution >= 0.6 is 27.5 Å². The molecule has 14 heavy (non-hydrogen) atoms. The molecular formula is C11H15BrClN. The van der Waals surface area contributed by atoms with E-state index in [2.05, 4.69) is 29.8 Å². The van der Waals surface area contributed by atoms with E-state index >= 15 is 0 Å². The number of nitrogens with two attached hydrogens (primary N) is 1. The Labute approximate surface area is 98.8 Å². The first-order chi connectivity index (χ1) is 6.56. The molecule has 0 radical (unpaired) electrons. The maximum atomic E-state index is 6.13. The third kappa shape index (κ3) is 2.72. The van der Waals surface area contributed by atoms with Crippen molar-refractivity contribution in [3.63, 3.8) is 0 Å². The second-order valence-corrected chi connectivity index (χ2v) is 4.87. The topological polar surface area (TPSA) is 26.0 Å². The molecule has 1 aromatic carbocycles. The first-order valence-electron chi connectivity index (χ1n) is 4.76. The van der Waals surface area contributed by atoms with Gasteiger partial charge >= 0.3 is 0 Å². The van der Waals surface area contributed by atoms with Crippen LogP contribution in [0.4, 0.5) is 0 Å². The summed E-state index contributed by atoms with van der Waals surface area (Å²) in [4.78, 5) is 0. The molecule has 1 rings (SSSR count). The summed E-state index contributed by atoms with van der Waals surface area (Å²) < 4.78 is 1.04. The summed E-state index contributed by atoms with van der Waals surface area (Å²) in [6.07, 6.45) is 1.07. The summed E-state index contributed by atoms with van der Waals surface area (Å²) in [5.41, 5.74) is 7.22. The number of hydrogen-bond acceptors (Lipinski definition) is 1. The lowest BCUT2D eigenvalue weighted by atomic mass is 9.93. The van der Waals surface area contributed by atoms with Crippen molar-refractivity contribution in [1.29, 1.82) is 0 Å². The predicted octanol–water partition coefficient (Wildman–Crippen LogP) is 4.15. The molecule has 1 nitrogen and oxygen atoms in total. The van der Waals surface area contributed by atoms with Gasteiger partial charge in [0.2, 0.25) is 0 Å². The third-order valence-corrected chi connectivity index (χ3v) is 3.53. The molecule has 0 aliphatic rings. The summed E-state index contributed by atoms with van der Waals surface area (Å²) in [5.74, 6) is 0.463. The van der Waals surface area contributed by atoms with Gasteiger partial charge in [-0.3, -0.25) is 0 Å². The van der Waals surface area contributed by atoms with Gasteiger partial charge in [-0.25, -0.2) is 0 Å². The van der Waals surface area contributed by atoms with Gasteiger partial charge in [0.05, 0.1) is 0 Å². The van der Waals surface area contributed by atoms with Gasteiger partial charge in [-0.05, 0) is 29.7 Å². The smallest absolute Gasteiger partial charge is 0.0410 e. The Morgan fingerprint density at radius 3 is 2.71 bits per heavy atom. The van der Waals surface area contributed by atoms with Gasteiger partial charge in [0.15, 0.2) is 0 Å². The Balaban J connectivity index is 2.99. The molecule has 3 heteroatoms. The molecule has 78 valence electrons. The molecule has 2 atom stereocenters. The molecule has 0 spiro atoms. The fourth-order valence-corrected chi connectivity index (χ4v) is 2.02. The van der Waals surface area contributed by atoms with Crippen molar-refractivity contribution in [1.82, 2.24) is 0 Å². The lowest BCUT2D eigenvalue weighted by molar-refractivity contribution is 0.455. The van der Waals surface area contributed by atoms with Gasteiger partial charge < -0.3 is 5.73 Å². The molecule has 0 bridgehead atoms. The quantitative estimate of drug-likeness (QED) is 0.882. The molecular weight excluding hydrogens is 261 g/mol. The molecule has 0 heterocycles. The zero-order valence-electron chi connectivity index (χ0n) is 8.43. The second-order valence-electron chi connectivity index (χ2n) is 3.58. The highest BCUT2D eigenvalue weighted by atomic mass is 79.9. The summed E-state index contributed by atoms with van der Waals surface area (Å²) >= 11 is 9.42. The van der Waals surface area contributed by atoms with Crippen LogP contribution in [0.2, 0.25) is 5.02 Å². The normalized spacial score (nSPS) is 15.2. The Hall–Kier alpha value is -0.0500. The van der Waals surface area contributed by atoms with Crippen molar-refractivity contribution in [3.05, 3.63) is 33.3 Å². The number of halogens is 2. The summed E-state index contributed by atoms with van der Waals surface area (Å²) in [6, 6.07) is 5.79. The molecule has 0 amide bonds. The number of benzene rings is 1. The largest absolute Gasteiger partial charge is 0.324 e. The summed E-state index contributed by atoms with van der Waals surface area (Å²) in [6.45, 7) is 4.29. The van der Waals surface area contributed by atoms with Crippen molar-refractivity contribution in [2.45, 2.75) is 26.3 Å². The van der Waals surface area contributed by atoms with Crippen LogP contribution in [0.25, 0.3) is 0 Å². The van der Waals surface area contributed by atoms with Crippen LogP contribution in [0.3, 0.4) is 0 Å². The second kappa shape index (κ2) is 5.15. The maximum Gasteiger partial charge on any atom is 0.0410 e. The fraction of sp³-hybridized carbons (Fsp3) is 0.455. The van der Waals surface area contributed by atoms with Crippen molar-refractivity contribution in [3.8, 4) is 0 Å². The minimum absolute atomic E-state index is 0.0491. The third-order valence-electron chi connectivity index (χ3n) is 2.57. The molecule has 0 aliphatic carbocycles. The maximum absolute atomic E-state index is 6.13. The molecule has 0 fully saturated rings. The first-order valence-corrected chi connectivity index (χ1v) is 5.94. The Bertz CT molecular complexity index is 314. The lowest BCUT2D eigenvalue weighted by Gasteiger charge is -2.20. The van der Waals surface area contributed by atoms with E-state index in [1.807, 2.05) is 18.2 Å². The van der Waals surface area contributed by atoms with Gasteiger partial charge in [0.1, 0.15) is 0 Å². The molecule has 0 aliphatic heterocycles. The first kappa shape index (κ1) is 12.0. The van der Waals surface area contributed by atoms with Crippen LogP contribution in [-0.2, 0) is 0 Å². The summed E-state index contributed by atoms with van der Waals surface area (Å²) in [5, 5.41) is 0.738. The van der Waals surface area contributed by atoms with Crippen molar-refractivity contribution in [2.75, 3.05) is 0 Å². The van der Waals surface area contributed by atoms with E-state index < -0.39 is 0 Å². The predicted molar refractivity (Wildman–Crippen MR) is 65.5 cm³/mol. The van der Waals surface area contributed by atoms with Crippen LogP contribution in [0.15, 0.2) is 22.7 Å². The van der Waals surface area contributed by atoms with Crippen molar-refractivity contribution in [2.24, 2.45) is 11.7 Å². The van der Waals surface area contributed by atoms with E-state index in [0.717, 1.165) is 21.5 Å². The number of rotatable bonds is 3. The van der Waals surface area contributed by atoms with Crippen LogP contribution in [0.1, 0.15) is 31.9 Å². The van der Waals surface area contributed by atoms with Crippen molar-refractivity contribution < 1.29 is 0 Å². The Morgan fingerprint density at radius 1 is 1.50 bits per heavy atom. The Morgan fingerprint density at radius 2 is 2.14 bits per heavy atom. The lowest BCUT2D eigenvalue weighted by Crippen LogP contribution is -2.18. The van der Waals surface area contributed by atoms with E-state index in [-0.39, 0.29) is 6.04 Å². The van der Waals surface area contributed by atoms with Gasteiger partial charge in [-0.15, -0.1) is 0 Å². The molecule has 0 aromatic heterocycles. The van der Waals surface area contributed by atoms with Gasteiger partial charge in [0, 0.05) is 15.5 Å². The van der Waals surface area contributed by atoms with Crippen LogP contribution in [0.5, 0.6) is 0 Å². The average Bonchev–Trinajstić information content (AvgIpc) is 2.19. The zero-order valence-corrected chi connectivity index (χ0v) is 10.8. The van der Waals surface area contributed by atoms with Crippen molar-refractivity contribution >= 4 is 27.5 Å². The zero-order chi connectivity index (χ0) is 10.7. The van der Waals surface area contributed by atoms with Crippen LogP contribution in [-0.4, -0.2) is 0 Å². The highest BCUT2D eigenvalue weighted by Crippen LogP contribution is 2.30. The highest BCUT2D eigenvalue weighted by Gasteiger charge is 2.15. The van der Waals surface area contributed by atoms with Gasteiger partial charge in [-0.2, -0.15) is 0 Å². The van der Waals surface area contributed by atoms with E-state index in [0.29, 0.717) is 5.92 Å². The van der Waals surface area contributed by atoms with E-state index in [9.17, 15) is 0 Å². The minimum Gasteiger partial charge on any atom is -0.324 e. The standard InChI is InChI=1S/C11H15BrClN/c1-3-7(2)11(14)9-6-8(13)4-5-10(9)12/h4-7,11H,3,14H2,1-2H3/t7?,11-/m1/s1. The highest BCUT2D eigenvalue weighted by molar-refractivity contribution is 9.10. The molecule has 1 unspecified atom stereocenters. The summed E-state index contributed by atoms with van der Waals surface area (Å²) in [7, 11) is 0.